The summed E-state index contributed by atoms with van der Waals surface area (Å²) < 4.78 is 28.0. The summed E-state index contributed by atoms with van der Waals surface area (Å²) in [7, 11) is -3.64. The van der Waals surface area contributed by atoms with Crippen LogP contribution in [0.2, 0.25) is 0 Å². The largest absolute Gasteiger partial charge is 0.355 e. The van der Waals surface area contributed by atoms with E-state index < -0.39 is 10.0 Å². The van der Waals surface area contributed by atoms with E-state index in [-0.39, 0.29) is 16.8 Å². The number of benzene rings is 2. The molecule has 3 rings (SSSR count). The Balaban J connectivity index is 1.43. The third kappa shape index (κ3) is 7.18. The van der Waals surface area contributed by atoms with E-state index in [4.69, 9.17) is 0 Å². The van der Waals surface area contributed by atoms with E-state index in [1.807, 2.05) is 44.2 Å². The lowest BCUT2D eigenvalue weighted by Gasteiger charge is -2.15. The van der Waals surface area contributed by atoms with Crippen molar-refractivity contribution in [2.24, 2.45) is 0 Å². The second-order valence-corrected chi connectivity index (χ2v) is 10.1. The number of carbonyl (C=O) groups is 1. The number of amides is 1. The smallest absolute Gasteiger partial charge is 0.241 e. The minimum atomic E-state index is -3.64. The van der Waals surface area contributed by atoms with Crippen LogP contribution in [0.25, 0.3) is 0 Å². The van der Waals surface area contributed by atoms with Gasteiger partial charge in [-0.25, -0.2) is 18.1 Å². The van der Waals surface area contributed by atoms with E-state index in [1.165, 1.54) is 11.8 Å². The van der Waals surface area contributed by atoms with Gasteiger partial charge in [-0.3, -0.25) is 9.89 Å². The van der Waals surface area contributed by atoms with Gasteiger partial charge in [-0.2, -0.15) is 0 Å². The van der Waals surface area contributed by atoms with Crippen LogP contribution in [0.5, 0.6) is 0 Å². The molecule has 0 fully saturated rings. The fourth-order valence-corrected chi connectivity index (χ4v) is 4.94. The van der Waals surface area contributed by atoms with Crippen molar-refractivity contribution in [2.45, 2.75) is 42.8 Å². The number of hydrogen-bond donors (Lipinski definition) is 3. The second-order valence-electron chi connectivity index (χ2n) is 7.30. The third-order valence-electron chi connectivity index (χ3n) is 4.74. The Morgan fingerprint density at radius 3 is 2.50 bits per heavy atom. The Morgan fingerprint density at radius 2 is 1.84 bits per heavy atom. The number of carbonyl (C=O) groups excluding carboxylic acids is 1. The Kier molecular flexibility index (Phi) is 8.43. The fraction of sp³-hybridized carbons (Fsp3) is 0.318. The zero-order valence-electron chi connectivity index (χ0n) is 18.0. The Labute approximate surface area is 192 Å². The average molecular weight is 474 g/mol. The second kappa shape index (κ2) is 11.3. The molecular formula is C22H27N5O3S2. The Bertz CT molecular complexity index is 1120. The number of aromatic nitrogens is 3. The molecule has 0 bridgehead atoms. The topological polar surface area (TPSA) is 117 Å². The van der Waals surface area contributed by atoms with E-state index in [0.29, 0.717) is 30.3 Å². The number of rotatable bonds is 11. The first-order chi connectivity index (χ1) is 15.3. The summed E-state index contributed by atoms with van der Waals surface area (Å²) in [5.74, 6) is 1.40. The van der Waals surface area contributed by atoms with Gasteiger partial charge < -0.3 is 5.32 Å². The standard InChI is InChI=1S/C22H27N5O3S2/c1-16(19-6-4-3-5-7-19)27-32(29,30)20-11-8-18(9-12-20)10-13-21(28)23-14-15-31-22-24-17(2)25-26-22/h3-9,11-12,16,27H,10,13-15H2,1-2H3,(H,23,28)(H,24,25,26)/t16-/m1/s1. The van der Waals surface area contributed by atoms with Gasteiger partial charge in [-0.1, -0.05) is 54.2 Å². The first kappa shape index (κ1) is 24.0. The molecule has 1 aromatic heterocycles. The van der Waals surface area contributed by atoms with Crippen molar-refractivity contribution in [1.82, 2.24) is 25.2 Å². The zero-order chi connectivity index (χ0) is 23.0. The number of nitrogens with zero attached hydrogens (tertiary/aromatic N) is 2. The fourth-order valence-electron chi connectivity index (χ4n) is 3.01. The Morgan fingerprint density at radius 1 is 1.12 bits per heavy atom. The number of sulfonamides is 1. The van der Waals surface area contributed by atoms with Crippen molar-refractivity contribution in [3.05, 3.63) is 71.5 Å². The van der Waals surface area contributed by atoms with Gasteiger partial charge in [-0.15, -0.1) is 5.10 Å². The van der Waals surface area contributed by atoms with Gasteiger partial charge in [0.2, 0.25) is 21.1 Å². The lowest BCUT2D eigenvalue weighted by molar-refractivity contribution is -0.120. The summed E-state index contributed by atoms with van der Waals surface area (Å²) in [6.07, 6.45) is 0.868. The Hall–Kier alpha value is -2.69. The summed E-state index contributed by atoms with van der Waals surface area (Å²) in [5, 5.41) is 10.3. The lowest BCUT2D eigenvalue weighted by atomic mass is 10.1. The number of thioether (sulfide) groups is 1. The summed E-state index contributed by atoms with van der Waals surface area (Å²) >= 11 is 1.47. The van der Waals surface area contributed by atoms with Crippen molar-refractivity contribution >= 4 is 27.7 Å². The van der Waals surface area contributed by atoms with Crippen LogP contribution < -0.4 is 10.0 Å². The van der Waals surface area contributed by atoms with Crippen LogP contribution >= 0.6 is 11.8 Å². The quantitative estimate of drug-likeness (QED) is 0.291. The number of H-pyrrole nitrogens is 1. The van der Waals surface area contributed by atoms with Crippen LogP contribution in [0.1, 0.15) is 36.3 Å². The molecule has 0 radical (unpaired) electrons. The maximum atomic E-state index is 12.7. The molecule has 170 valence electrons. The van der Waals surface area contributed by atoms with Crippen molar-refractivity contribution in [3.8, 4) is 0 Å². The molecule has 1 heterocycles. The van der Waals surface area contributed by atoms with Crippen LogP contribution in [-0.2, 0) is 21.2 Å². The molecule has 0 saturated carbocycles. The van der Waals surface area contributed by atoms with E-state index in [9.17, 15) is 13.2 Å². The maximum absolute atomic E-state index is 12.7. The summed E-state index contributed by atoms with van der Waals surface area (Å²) in [5.41, 5.74) is 1.80. The molecule has 8 nitrogen and oxygen atoms in total. The van der Waals surface area contributed by atoms with Crippen molar-refractivity contribution in [3.63, 3.8) is 0 Å². The highest BCUT2D eigenvalue weighted by molar-refractivity contribution is 7.99. The third-order valence-corrected chi connectivity index (χ3v) is 7.14. The highest BCUT2D eigenvalue weighted by Gasteiger charge is 2.18. The molecule has 2 aromatic carbocycles. The molecule has 0 aliphatic carbocycles. The predicted octanol–water partition coefficient (Wildman–Crippen LogP) is 2.99. The molecule has 0 saturated heterocycles. The highest BCUT2D eigenvalue weighted by atomic mass is 32.2. The molecular weight excluding hydrogens is 446 g/mol. The molecule has 3 aromatic rings. The molecule has 0 unspecified atom stereocenters. The van der Waals surface area contributed by atoms with Gasteiger partial charge in [0.25, 0.3) is 0 Å². The summed E-state index contributed by atoms with van der Waals surface area (Å²) in [6, 6.07) is 15.7. The van der Waals surface area contributed by atoms with Crippen molar-refractivity contribution in [1.29, 1.82) is 0 Å². The van der Waals surface area contributed by atoms with Crippen molar-refractivity contribution < 1.29 is 13.2 Å². The van der Waals surface area contributed by atoms with E-state index in [2.05, 4.69) is 25.2 Å². The van der Waals surface area contributed by atoms with Crippen molar-refractivity contribution in [2.75, 3.05) is 12.3 Å². The van der Waals surface area contributed by atoms with Crippen LogP contribution in [0.3, 0.4) is 0 Å². The first-order valence-corrected chi connectivity index (χ1v) is 12.7. The van der Waals surface area contributed by atoms with Crippen LogP contribution in [0.4, 0.5) is 0 Å². The van der Waals surface area contributed by atoms with E-state index in [1.54, 1.807) is 24.3 Å². The zero-order valence-corrected chi connectivity index (χ0v) is 19.7. The summed E-state index contributed by atoms with van der Waals surface area (Å²) in [6.45, 7) is 4.17. The number of aryl methyl sites for hydroxylation is 2. The molecule has 0 spiro atoms. The molecule has 10 heteroatoms. The minimum Gasteiger partial charge on any atom is -0.355 e. The van der Waals surface area contributed by atoms with E-state index >= 15 is 0 Å². The lowest BCUT2D eigenvalue weighted by Crippen LogP contribution is -2.27. The van der Waals surface area contributed by atoms with E-state index in [0.717, 1.165) is 17.0 Å². The molecule has 0 aliphatic heterocycles. The number of nitrogens with one attached hydrogen (secondary N) is 3. The van der Waals surface area contributed by atoms with Gasteiger partial charge in [0.15, 0.2) is 0 Å². The molecule has 0 aliphatic rings. The van der Waals surface area contributed by atoms with Gasteiger partial charge in [0.1, 0.15) is 5.82 Å². The van der Waals surface area contributed by atoms with Gasteiger partial charge in [0.05, 0.1) is 4.90 Å². The molecule has 1 atom stereocenters. The number of hydrogen-bond acceptors (Lipinski definition) is 6. The minimum absolute atomic E-state index is 0.0492. The summed E-state index contributed by atoms with van der Waals surface area (Å²) in [4.78, 5) is 16.4. The first-order valence-electron chi connectivity index (χ1n) is 10.3. The van der Waals surface area contributed by atoms with Gasteiger partial charge >= 0.3 is 0 Å². The average Bonchev–Trinajstić information content (AvgIpc) is 3.21. The number of aromatic amines is 1. The molecule has 32 heavy (non-hydrogen) atoms. The monoisotopic (exact) mass is 473 g/mol. The maximum Gasteiger partial charge on any atom is 0.241 e. The van der Waals surface area contributed by atoms with Gasteiger partial charge in [-0.05, 0) is 43.5 Å². The van der Waals surface area contributed by atoms with Crippen LogP contribution in [0, 0.1) is 6.92 Å². The molecule has 3 N–H and O–H groups in total. The predicted molar refractivity (Wildman–Crippen MR) is 125 cm³/mol. The van der Waals surface area contributed by atoms with Crippen LogP contribution in [-0.4, -0.2) is 41.8 Å². The molecule has 1 amide bonds. The SMILES string of the molecule is Cc1nc(SCCNC(=O)CCc2ccc(S(=O)(=O)N[C@H](C)c3ccccc3)cc2)n[nH]1. The van der Waals surface area contributed by atoms with Gasteiger partial charge in [0, 0.05) is 24.8 Å². The normalized spacial score (nSPS) is 12.4. The highest BCUT2D eigenvalue weighted by Crippen LogP contribution is 2.18. The van der Waals surface area contributed by atoms with Crippen LogP contribution in [0.15, 0.2) is 64.6 Å².